The van der Waals surface area contributed by atoms with Crippen LogP contribution in [0.5, 0.6) is 11.6 Å². The lowest BCUT2D eigenvalue weighted by molar-refractivity contribution is 0.123. The van der Waals surface area contributed by atoms with Crippen LogP contribution in [0.3, 0.4) is 0 Å². The van der Waals surface area contributed by atoms with Crippen molar-refractivity contribution in [3.63, 3.8) is 0 Å². The minimum absolute atomic E-state index is 0. The second-order valence-corrected chi connectivity index (χ2v) is 6.78. The fourth-order valence-corrected chi connectivity index (χ4v) is 2.56. The molecule has 0 atom stereocenters. The smallest absolute Gasteiger partial charge is 0.219 e. The molecular formula is C21H28FIN4O2. The summed E-state index contributed by atoms with van der Waals surface area (Å²) in [5.41, 5.74) is 1.00. The molecule has 1 aromatic carbocycles. The Morgan fingerprint density at radius 2 is 2.00 bits per heavy atom. The molecule has 0 spiro atoms. The van der Waals surface area contributed by atoms with Gasteiger partial charge in [-0.25, -0.2) is 9.37 Å². The van der Waals surface area contributed by atoms with Gasteiger partial charge in [-0.05, 0) is 61.1 Å². The third-order valence-corrected chi connectivity index (χ3v) is 4.33. The number of pyridine rings is 1. The van der Waals surface area contributed by atoms with Crippen molar-refractivity contribution in [2.24, 2.45) is 10.9 Å². The van der Waals surface area contributed by atoms with Crippen LogP contribution < -0.4 is 15.4 Å². The van der Waals surface area contributed by atoms with E-state index in [9.17, 15) is 4.39 Å². The van der Waals surface area contributed by atoms with E-state index in [-0.39, 0.29) is 29.8 Å². The van der Waals surface area contributed by atoms with Gasteiger partial charge in [0.1, 0.15) is 11.6 Å². The van der Waals surface area contributed by atoms with Crippen LogP contribution in [0, 0.1) is 11.7 Å². The number of aliphatic imine (C=N–C) groups is 1. The van der Waals surface area contributed by atoms with E-state index in [2.05, 4.69) is 20.6 Å². The van der Waals surface area contributed by atoms with E-state index in [4.69, 9.17) is 9.47 Å². The molecular weight excluding hydrogens is 486 g/mol. The predicted octanol–water partition coefficient (Wildman–Crippen LogP) is 4.11. The number of nitrogens with one attached hydrogen (secondary N) is 2. The SMILES string of the molecule is CN=C(NCCCOCC1CC1)NCc1ccnc(Oc2ccc(F)cc2)c1.I. The Morgan fingerprint density at radius 3 is 2.72 bits per heavy atom. The largest absolute Gasteiger partial charge is 0.439 e. The first-order chi connectivity index (χ1) is 13.7. The van der Waals surface area contributed by atoms with Crippen LogP contribution in [-0.4, -0.2) is 37.7 Å². The zero-order valence-electron chi connectivity index (χ0n) is 16.6. The number of benzene rings is 1. The predicted molar refractivity (Wildman–Crippen MR) is 122 cm³/mol. The van der Waals surface area contributed by atoms with Crippen LogP contribution in [0.25, 0.3) is 0 Å². The molecule has 1 aliphatic carbocycles. The summed E-state index contributed by atoms with van der Waals surface area (Å²) in [6.07, 6.45) is 5.27. The molecule has 0 unspecified atom stereocenters. The molecule has 1 aliphatic rings. The first-order valence-electron chi connectivity index (χ1n) is 9.63. The van der Waals surface area contributed by atoms with Gasteiger partial charge in [0.15, 0.2) is 5.96 Å². The average Bonchev–Trinajstić information content (AvgIpc) is 3.53. The van der Waals surface area contributed by atoms with E-state index in [1.165, 1.54) is 25.0 Å². The molecule has 0 aliphatic heterocycles. The Balaban J connectivity index is 0.00000300. The minimum Gasteiger partial charge on any atom is -0.439 e. The van der Waals surface area contributed by atoms with Gasteiger partial charge in [-0.3, -0.25) is 4.99 Å². The second kappa shape index (κ2) is 12.6. The van der Waals surface area contributed by atoms with Gasteiger partial charge < -0.3 is 20.1 Å². The first kappa shape index (κ1) is 23.3. The van der Waals surface area contributed by atoms with Crippen molar-refractivity contribution < 1.29 is 13.9 Å². The maximum atomic E-state index is 13.0. The van der Waals surface area contributed by atoms with Crippen LogP contribution >= 0.6 is 24.0 Å². The topological polar surface area (TPSA) is 67.8 Å². The van der Waals surface area contributed by atoms with Gasteiger partial charge in [0.25, 0.3) is 0 Å². The maximum Gasteiger partial charge on any atom is 0.219 e. The molecule has 0 saturated heterocycles. The van der Waals surface area contributed by atoms with Crippen molar-refractivity contribution in [3.05, 3.63) is 54.0 Å². The summed E-state index contributed by atoms with van der Waals surface area (Å²) in [7, 11) is 1.74. The Bertz CT molecular complexity index is 770. The van der Waals surface area contributed by atoms with E-state index in [0.29, 0.717) is 18.2 Å². The van der Waals surface area contributed by atoms with Gasteiger partial charge in [-0.1, -0.05) is 0 Å². The molecule has 158 valence electrons. The first-order valence-corrected chi connectivity index (χ1v) is 9.63. The highest BCUT2D eigenvalue weighted by molar-refractivity contribution is 14.0. The van der Waals surface area contributed by atoms with Crippen molar-refractivity contribution in [3.8, 4) is 11.6 Å². The Morgan fingerprint density at radius 1 is 1.21 bits per heavy atom. The molecule has 3 rings (SSSR count). The fraction of sp³-hybridized carbons (Fsp3) is 0.429. The van der Waals surface area contributed by atoms with Crippen LogP contribution in [0.1, 0.15) is 24.8 Å². The number of halogens is 2. The number of ether oxygens (including phenoxy) is 2. The van der Waals surface area contributed by atoms with Crippen LogP contribution in [0.2, 0.25) is 0 Å². The monoisotopic (exact) mass is 514 g/mol. The van der Waals surface area contributed by atoms with Gasteiger partial charge in [0.05, 0.1) is 0 Å². The molecule has 0 bridgehead atoms. The maximum absolute atomic E-state index is 13.0. The number of rotatable bonds is 10. The summed E-state index contributed by atoms with van der Waals surface area (Å²) < 4.78 is 24.3. The summed E-state index contributed by atoms with van der Waals surface area (Å²) in [6.45, 7) is 3.06. The van der Waals surface area contributed by atoms with Crippen molar-refractivity contribution in [1.82, 2.24) is 15.6 Å². The summed E-state index contributed by atoms with van der Waals surface area (Å²) in [6, 6.07) is 9.60. The molecule has 1 saturated carbocycles. The molecule has 8 heteroatoms. The molecule has 2 N–H and O–H groups in total. The Hall–Kier alpha value is -1.94. The third-order valence-electron chi connectivity index (χ3n) is 4.33. The molecule has 0 radical (unpaired) electrons. The van der Waals surface area contributed by atoms with E-state index in [0.717, 1.165) is 43.6 Å². The summed E-state index contributed by atoms with van der Waals surface area (Å²) in [5, 5.41) is 6.55. The van der Waals surface area contributed by atoms with Crippen LogP contribution in [0.4, 0.5) is 4.39 Å². The number of hydrogen-bond acceptors (Lipinski definition) is 4. The van der Waals surface area contributed by atoms with E-state index >= 15 is 0 Å². The van der Waals surface area contributed by atoms with E-state index in [1.807, 2.05) is 12.1 Å². The molecule has 29 heavy (non-hydrogen) atoms. The molecule has 1 aromatic heterocycles. The van der Waals surface area contributed by atoms with Crippen molar-refractivity contribution in [1.29, 1.82) is 0 Å². The molecule has 2 aromatic rings. The van der Waals surface area contributed by atoms with Gasteiger partial charge in [0.2, 0.25) is 5.88 Å². The highest BCUT2D eigenvalue weighted by Gasteiger charge is 2.20. The standard InChI is InChI=1S/C21H27FN4O2.HI/c1-23-21(25-10-2-12-27-15-16-3-4-16)26-14-17-9-11-24-20(13-17)28-19-7-5-18(22)6-8-19;/h5-9,11,13,16H,2-4,10,12,14-15H2,1H3,(H2,23,25,26);1H. The lowest BCUT2D eigenvalue weighted by Gasteiger charge is -2.12. The number of hydrogen-bond donors (Lipinski definition) is 2. The normalized spacial score (nSPS) is 13.5. The van der Waals surface area contributed by atoms with Crippen LogP contribution in [-0.2, 0) is 11.3 Å². The van der Waals surface area contributed by atoms with Gasteiger partial charge in [-0.15, -0.1) is 24.0 Å². The number of aromatic nitrogens is 1. The van der Waals surface area contributed by atoms with Crippen LogP contribution in [0.15, 0.2) is 47.6 Å². The average molecular weight is 514 g/mol. The minimum atomic E-state index is -0.299. The highest BCUT2D eigenvalue weighted by Crippen LogP contribution is 2.28. The zero-order valence-corrected chi connectivity index (χ0v) is 18.9. The molecule has 1 heterocycles. The Kier molecular flexibility index (Phi) is 10.1. The van der Waals surface area contributed by atoms with Gasteiger partial charge in [-0.2, -0.15) is 0 Å². The van der Waals surface area contributed by atoms with Gasteiger partial charge in [0, 0.05) is 45.6 Å². The molecule has 1 fully saturated rings. The quantitative estimate of drug-likeness (QED) is 0.216. The highest BCUT2D eigenvalue weighted by atomic mass is 127. The lowest BCUT2D eigenvalue weighted by Crippen LogP contribution is -2.37. The van der Waals surface area contributed by atoms with E-state index < -0.39 is 0 Å². The van der Waals surface area contributed by atoms with Crippen molar-refractivity contribution in [2.45, 2.75) is 25.8 Å². The second-order valence-electron chi connectivity index (χ2n) is 6.78. The van der Waals surface area contributed by atoms with E-state index in [1.54, 1.807) is 25.4 Å². The summed E-state index contributed by atoms with van der Waals surface area (Å²) in [5.74, 6) is 2.24. The van der Waals surface area contributed by atoms with Crippen molar-refractivity contribution in [2.75, 3.05) is 26.8 Å². The number of guanidine groups is 1. The Labute approximate surface area is 188 Å². The fourth-order valence-electron chi connectivity index (χ4n) is 2.56. The molecule has 6 nitrogen and oxygen atoms in total. The lowest BCUT2D eigenvalue weighted by atomic mass is 10.2. The summed E-state index contributed by atoms with van der Waals surface area (Å²) >= 11 is 0. The zero-order chi connectivity index (χ0) is 19.6. The third kappa shape index (κ3) is 8.95. The molecule has 0 amide bonds. The van der Waals surface area contributed by atoms with Crippen molar-refractivity contribution >= 4 is 29.9 Å². The summed E-state index contributed by atoms with van der Waals surface area (Å²) in [4.78, 5) is 8.42. The van der Waals surface area contributed by atoms with Gasteiger partial charge >= 0.3 is 0 Å². The number of nitrogens with zero attached hydrogens (tertiary/aromatic N) is 2.